The average Bonchev–Trinajstić information content (AvgIpc) is 3.44. The molecule has 184 valence electrons. The monoisotopic (exact) mass is 495 g/mol. The van der Waals surface area contributed by atoms with Gasteiger partial charge in [0.25, 0.3) is 0 Å². The minimum absolute atomic E-state index is 0.139. The van der Waals surface area contributed by atoms with E-state index in [1.807, 2.05) is 6.07 Å². The minimum atomic E-state index is -1.14. The molecule has 0 spiro atoms. The lowest BCUT2D eigenvalue weighted by Crippen LogP contribution is -2.33. The van der Waals surface area contributed by atoms with Gasteiger partial charge in [0.1, 0.15) is 34.3 Å². The van der Waals surface area contributed by atoms with Crippen molar-refractivity contribution in [1.29, 1.82) is 0 Å². The van der Waals surface area contributed by atoms with Crippen LogP contribution in [0.25, 0.3) is 17.2 Å². The number of nitrogen functional groups attached to an aromatic ring is 1. The smallest absolute Gasteiger partial charge is 0.240 e. The fourth-order valence-electron chi connectivity index (χ4n) is 4.83. The van der Waals surface area contributed by atoms with E-state index in [-0.39, 0.29) is 29.1 Å². The van der Waals surface area contributed by atoms with Crippen LogP contribution in [0.2, 0.25) is 0 Å². The molecular formula is C27H22FN7O2. The van der Waals surface area contributed by atoms with Gasteiger partial charge in [-0.1, -0.05) is 24.3 Å². The van der Waals surface area contributed by atoms with Gasteiger partial charge in [-0.3, -0.25) is 4.79 Å². The van der Waals surface area contributed by atoms with Crippen molar-refractivity contribution in [3.8, 4) is 17.3 Å². The van der Waals surface area contributed by atoms with Crippen LogP contribution in [0.5, 0.6) is 5.75 Å². The molecule has 2 aromatic carbocycles. The number of phenolic OH excluding ortho intramolecular Hbond substituents is 1. The van der Waals surface area contributed by atoms with Crippen LogP contribution in [0.4, 0.5) is 16.0 Å². The van der Waals surface area contributed by atoms with Gasteiger partial charge < -0.3 is 20.6 Å². The molecule has 5 aromatic rings. The number of anilines is 2. The summed E-state index contributed by atoms with van der Waals surface area (Å²) < 4.78 is 15.6. The van der Waals surface area contributed by atoms with Gasteiger partial charge in [-0.2, -0.15) is 0 Å². The molecule has 3 aromatic heterocycles. The Morgan fingerprint density at radius 3 is 2.78 bits per heavy atom. The molecule has 10 heteroatoms. The van der Waals surface area contributed by atoms with E-state index in [2.05, 4.69) is 20.3 Å². The molecule has 4 N–H and O–H groups in total. The number of fused-ring (bicyclic) bond motifs is 2. The number of phenols is 1. The van der Waals surface area contributed by atoms with Crippen LogP contribution in [0.15, 0.2) is 61.1 Å². The largest absolute Gasteiger partial charge is 0.508 e. The van der Waals surface area contributed by atoms with E-state index >= 15 is 0 Å². The van der Waals surface area contributed by atoms with Gasteiger partial charge >= 0.3 is 0 Å². The predicted octanol–water partition coefficient (Wildman–Crippen LogP) is 3.77. The predicted molar refractivity (Wildman–Crippen MR) is 136 cm³/mol. The number of aromatic hydroxyl groups is 1. The molecule has 0 radical (unpaired) electrons. The Labute approximate surface area is 210 Å². The van der Waals surface area contributed by atoms with Gasteiger partial charge in [-0.05, 0) is 48.7 Å². The second-order valence-corrected chi connectivity index (χ2v) is 9.27. The van der Waals surface area contributed by atoms with Crippen LogP contribution in [0.3, 0.4) is 0 Å². The van der Waals surface area contributed by atoms with Gasteiger partial charge in [0.2, 0.25) is 5.91 Å². The van der Waals surface area contributed by atoms with E-state index < -0.39 is 5.41 Å². The van der Waals surface area contributed by atoms with Crippen molar-refractivity contribution < 1.29 is 14.3 Å². The van der Waals surface area contributed by atoms with E-state index in [9.17, 15) is 14.3 Å². The molecule has 0 aliphatic carbocycles. The Morgan fingerprint density at radius 2 is 2.00 bits per heavy atom. The highest BCUT2D eigenvalue weighted by Gasteiger charge is 2.47. The quantitative estimate of drug-likeness (QED) is 0.346. The first-order valence-electron chi connectivity index (χ1n) is 11.6. The van der Waals surface area contributed by atoms with Crippen molar-refractivity contribution in [2.45, 2.75) is 25.7 Å². The fourth-order valence-corrected chi connectivity index (χ4v) is 4.83. The topological polar surface area (TPSA) is 131 Å². The first-order chi connectivity index (χ1) is 17.7. The lowest BCUT2D eigenvalue weighted by molar-refractivity contribution is -0.119. The van der Waals surface area contributed by atoms with Gasteiger partial charge in [0.15, 0.2) is 11.5 Å². The third-order valence-electron chi connectivity index (χ3n) is 6.83. The summed E-state index contributed by atoms with van der Waals surface area (Å²) in [5.41, 5.74) is 9.49. The summed E-state index contributed by atoms with van der Waals surface area (Å²) in [4.78, 5) is 31.5. The van der Waals surface area contributed by atoms with Crippen LogP contribution in [0, 0.1) is 12.7 Å². The number of nitrogens with zero attached hydrogens (tertiary/aromatic N) is 5. The molecule has 0 saturated heterocycles. The third-order valence-corrected chi connectivity index (χ3v) is 6.83. The highest BCUT2D eigenvalue weighted by atomic mass is 19.1. The number of hydrogen-bond acceptors (Lipinski definition) is 7. The normalized spacial score (nSPS) is 16.7. The van der Waals surface area contributed by atoms with Crippen molar-refractivity contribution in [1.82, 2.24) is 24.3 Å². The van der Waals surface area contributed by atoms with Crippen LogP contribution in [-0.2, 0) is 16.6 Å². The zero-order chi connectivity index (χ0) is 25.9. The number of amides is 1. The van der Waals surface area contributed by atoms with Crippen LogP contribution in [0.1, 0.15) is 34.9 Å². The Bertz CT molecular complexity index is 1730. The third kappa shape index (κ3) is 3.56. The molecule has 1 aliphatic rings. The Balaban J connectivity index is 1.46. The summed E-state index contributed by atoms with van der Waals surface area (Å²) in [6, 6.07) is 11.3. The number of benzene rings is 2. The van der Waals surface area contributed by atoms with E-state index in [1.54, 1.807) is 61.1 Å². The Morgan fingerprint density at radius 1 is 1.16 bits per heavy atom. The number of aryl methyl sites for hydroxylation is 1. The molecule has 0 unspecified atom stereocenters. The van der Waals surface area contributed by atoms with E-state index in [0.717, 1.165) is 5.56 Å². The fraction of sp³-hybridized carbons (Fsp3) is 0.148. The molecule has 4 heterocycles. The molecule has 1 atom stereocenters. The average molecular weight is 496 g/mol. The van der Waals surface area contributed by atoms with E-state index in [1.165, 1.54) is 12.1 Å². The highest BCUT2D eigenvalue weighted by molar-refractivity contribution is 6.09. The summed E-state index contributed by atoms with van der Waals surface area (Å²) >= 11 is 0. The lowest BCUT2D eigenvalue weighted by Gasteiger charge is -2.24. The molecule has 37 heavy (non-hydrogen) atoms. The zero-order valence-electron chi connectivity index (χ0n) is 20.0. The highest BCUT2D eigenvalue weighted by Crippen LogP contribution is 2.45. The van der Waals surface area contributed by atoms with Crippen LogP contribution >= 0.6 is 0 Å². The van der Waals surface area contributed by atoms with E-state index in [0.29, 0.717) is 46.0 Å². The first kappa shape index (κ1) is 22.6. The number of nitrogens with two attached hydrogens (primary N) is 1. The number of hydrogen-bond donors (Lipinski definition) is 3. The molecule has 0 saturated carbocycles. The number of carbonyl (C=O) groups is 1. The molecular weight excluding hydrogens is 473 g/mol. The number of aromatic nitrogens is 5. The van der Waals surface area contributed by atoms with Crippen molar-refractivity contribution >= 4 is 23.2 Å². The Kier molecular flexibility index (Phi) is 4.94. The molecule has 6 rings (SSSR count). The van der Waals surface area contributed by atoms with Crippen molar-refractivity contribution in [3.63, 3.8) is 0 Å². The molecule has 1 aliphatic heterocycles. The van der Waals surface area contributed by atoms with Crippen LogP contribution < -0.4 is 11.1 Å². The molecule has 1 amide bonds. The van der Waals surface area contributed by atoms with Gasteiger partial charge in [0.05, 0.1) is 11.3 Å². The second-order valence-electron chi connectivity index (χ2n) is 9.27. The standard InChI is InChI=1S/C27H22FN7O2/c1-14-10-16(6-7-20(14)36)27(2)21-22(29)32-23(33-24(21)34-26(27)37)19-13-35-9-8-30-25(35)18(31-19)12-15-4-3-5-17(28)11-15/h3-11,13,36H,12H2,1-2H3,(H3,29,32,33,34,37)/t27-/m0/s1. The number of carbonyl (C=O) groups excluding carboxylic acids is 1. The number of rotatable bonds is 4. The zero-order valence-corrected chi connectivity index (χ0v) is 20.0. The second kappa shape index (κ2) is 8.09. The minimum Gasteiger partial charge on any atom is -0.508 e. The number of imidazole rings is 1. The van der Waals surface area contributed by atoms with Crippen LogP contribution in [-0.4, -0.2) is 35.4 Å². The Hall–Kier alpha value is -4.86. The maximum atomic E-state index is 13.8. The molecule has 0 bridgehead atoms. The maximum Gasteiger partial charge on any atom is 0.240 e. The maximum absolute atomic E-state index is 13.8. The van der Waals surface area contributed by atoms with Gasteiger partial charge in [0, 0.05) is 25.0 Å². The first-order valence-corrected chi connectivity index (χ1v) is 11.6. The summed E-state index contributed by atoms with van der Waals surface area (Å²) in [6.07, 6.45) is 5.51. The number of halogens is 1. The summed E-state index contributed by atoms with van der Waals surface area (Å²) in [7, 11) is 0. The molecule has 9 nitrogen and oxygen atoms in total. The van der Waals surface area contributed by atoms with Gasteiger partial charge in [-0.15, -0.1) is 0 Å². The van der Waals surface area contributed by atoms with E-state index in [4.69, 9.17) is 10.7 Å². The van der Waals surface area contributed by atoms with Crippen molar-refractivity contribution in [2.24, 2.45) is 0 Å². The summed E-state index contributed by atoms with van der Waals surface area (Å²) in [5, 5.41) is 12.8. The summed E-state index contributed by atoms with van der Waals surface area (Å²) in [6.45, 7) is 3.52. The van der Waals surface area contributed by atoms with Gasteiger partial charge in [-0.25, -0.2) is 24.3 Å². The summed E-state index contributed by atoms with van der Waals surface area (Å²) in [5.74, 6) is 0.200. The lowest BCUT2D eigenvalue weighted by atomic mass is 9.77. The molecule has 0 fully saturated rings. The SMILES string of the molecule is Cc1cc([C@]2(C)C(=O)Nc3nc(-c4cn5ccnc5c(Cc5cccc(F)c5)n4)nc(N)c32)ccc1O. The van der Waals surface area contributed by atoms with Crippen molar-refractivity contribution in [3.05, 3.63) is 94.8 Å². The van der Waals surface area contributed by atoms with Crippen molar-refractivity contribution in [2.75, 3.05) is 11.1 Å². The number of nitrogens with one attached hydrogen (secondary N) is 1.